The summed E-state index contributed by atoms with van der Waals surface area (Å²) in [5.74, 6) is 0.589. The average molecular weight is 206 g/mol. The van der Waals surface area contributed by atoms with Crippen molar-refractivity contribution in [3.8, 4) is 5.75 Å². The Balaban J connectivity index is 2.32. The average Bonchev–Trinajstić information content (AvgIpc) is 2.27. The Morgan fingerprint density at radius 2 is 2.40 bits per heavy atom. The summed E-state index contributed by atoms with van der Waals surface area (Å²) in [4.78, 5) is 11.1. The van der Waals surface area contributed by atoms with E-state index in [1.807, 2.05) is 25.1 Å². The lowest BCUT2D eigenvalue weighted by atomic mass is 10.0. The van der Waals surface area contributed by atoms with Crippen molar-refractivity contribution in [3.63, 3.8) is 0 Å². The van der Waals surface area contributed by atoms with Crippen LogP contribution in [0.15, 0.2) is 18.2 Å². The maximum absolute atomic E-state index is 11.1. The Morgan fingerprint density at radius 3 is 3.13 bits per heavy atom. The first-order valence-corrected chi connectivity index (χ1v) is 5.03. The zero-order valence-electron chi connectivity index (χ0n) is 8.62. The summed E-state index contributed by atoms with van der Waals surface area (Å²) < 4.78 is 5.25. The van der Waals surface area contributed by atoms with Gasteiger partial charge >= 0.3 is 0 Å². The topological polar surface area (TPSA) is 64.3 Å². The SMILES string of the molecule is CC[C@@H](N)c1ccc2c(c1)NC(=O)CO2. The largest absolute Gasteiger partial charge is 0.482 e. The Kier molecular flexibility index (Phi) is 2.60. The number of amides is 1. The van der Waals surface area contributed by atoms with Gasteiger partial charge in [0, 0.05) is 6.04 Å². The van der Waals surface area contributed by atoms with Crippen LogP contribution in [0.4, 0.5) is 5.69 Å². The fraction of sp³-hybridized carbons (Fsp3) is 0.364. The number of benzene rings is 1. The summed E-state index contributed by atoms with van der Waals surface area (Å²) in [5.41, 5.74) is 7.64. The molecule has 1 aromatic rings. The second-order valence-electron chi connectivity index (χ2n) is 3.61. The first-order chi connectivity index (χ1) is 7.20. The van der Waals surface area contributed by atoms with Gasteiger partial charge in [-0.25, -0.2) is 0 Å². The molecule has 0 aliphatic carbocycles. The van der Waals surface area contributed by atoms with E-state index >= 15 is 0 Å². The van der Waals surface area contributed by atoms with Gasteiger partial charge in [-0.05, 0) is 24.1 Å². The van der Waals surface area contributed by atoms with Gasteiger partial charge in [0.15, 0.2) is 6.61 Å². The molecule has 0 spiro atoms. The van der Waals surface area contributed by atoms with Crippen molar-refractivity contribution >= 4 is 11.6 Å². The molecular weight excluding hydrogens is 192 g/mol. The van der Waals surface area contributed by atoms with Gasteiger partial charge in [0.05, 0.1) is 5.69 Å². The standard InChI is InChI=1S/C11H14N2O2/c1-2-8(12)7-3-4-10-9(5-7)13-11(14)6-15-10/h3-5,8H,2,6,12H2,1H3,(H,13,14)/t8-/m1/s1. The van der Waals surface area contributed by atoms with Crippen molar-refractivity contribution in [2.75, 3.05) is 11.9 Å². The van der Waals surface area contributed by atoms with Crippen molar-refractivity contribution in [2.24, 2.45) is 5.73 Å². The number of hydrogen-bond donors (Lipinski definition) is 2. The highest BCUT2D eigenvalue weighted by Crippen LogP contribution is 2.30. The molecule has 1 aromatic carbocycles. The van der Waals surface area contributed by atoms with Gasteiger partial charge in [-0.15, -0.1) is 0 Å². The molecule has 1 amide bonds. The molecule has 80 valence electrons. The van der Waals surface area contributed by atoms with Crippen LogP contribution in [0, 0.1) is 0 Å². The van der Waals surface area contributed by atoms with Crippen molar-refractivity contribution in [2.45, 2.75) is 19.4 Å². The predicted octanol–water partition coefficient (Wildman–Crippen LogP) is 1.43. The highest BCUT2D eigenvalue weighted by molar-refractivity contribution is 5.95. The minimum Gasteiger partial charge on any atom is -0.482 e. The van der Waals surface area contributed by atoms with Crippen molar-refractivity contribution in [1.82, 2.24) is 0 Å². The summed E-state index contributed by atoms with van der Waals surface area (Å²) in [5, 5.41) is 2.76. The fourth-order valence-corrected chi connectivity index (χ4v) is 1.57. The third-order valence-corrected chi connectivity index (χ3v) is 2.50. The van der Waals surface area contributed by atoms with Crippen LogP contribution in [0.5, 0.6) is 5.75 Å². The normalized spacial score (nSPS) is 16.3. The monoisotopic (exact) mass is 206 g/mol. The molecule has 3 N–H and O–H groups in total. The van der Waals surface area contributed by atoms with E-state index in [1.165, 1.54) is 0 Å². The van der Waals surface area contributed by atoms with Crippen LogP contribution in [-0.4, -0.2) is 12.5 Å². The number of hydrogen-bond acceptors (Lipinski definition) is 3. The lowest BCUT2D eigenvalue weighted by molar-refractivity contribution is -0.118. The molecule has 4 nitrogen and oxygen atoms in total. The molecule has 0 aromatic heterocycles. The van der Waals surface area contributed by atoms with Gasteiger partial charge in [0.25, 0.3) is 5.91 Å². The number of carbonyl (C=O) groups excluding carboxylic acids is 1. The minimum absolute atomic E-state index is 0.00845. The van der Waals surface area contributed by atoms with Crippen LogP contribution in [0.3, 0.4) is 0 Å². The van der Waals surface area contributed by atoms with Gasteiger partial charge in [-0.3, -0.25) is 4.79 Å². The first kappa shape index (κ1) is 9.98. The Bertz CT molecular complexity index is 390. The van der Waals surface area contributed by atoms with E-state index in [-0.39, 0.29) is 18.6 Å². The summed E-state index contributed by atoms with van der Waals surface area (Å²) in [7, 11) is 0. The van der Waals surface area contributed by atoms with Crippen LogP contribution in [0.1, 0.15) is 24.9 Å². The summed E-state index contributed by atoms with van der Waals surface area (Å²) in [6, 6.07) is 5.67. The molecule has 0 saturated carbocycles. The number of nitrogens with two attached hydrogens (primary N) is 1. The molecule has 1 atom stereocenters. The number of fused-ring (bicyclic) bond motifs is 1. The Labute approximate surface area is 88.4 Å². The van der Waals surface area contributed by atoms with Crippen LogP contribution in [-0.2, 0) is 4.79 Å². The van der Waals surface area contributed by atoms with Crippen molar-refractivity contribution < 1.29 is 9.53 Å². The molecule has 4 heteroatoms. The van der Waals surface area contributed by atoms with Gasteiger partial charge < -0.3 is 15.8 Å². The van der Waals surface area contributed by atoms with E-state index in [4.69, 9.17) is 10.5 Å². The second kappa shape index (κ2) is 3.90. The summed E-state index contributed by atoms with van der Waals surface area (Å²) in [6.45, 7) is 2.12. The summed E-state index contributed by atoms with van der Waals surface area (Å²) in [6.07, 6.45) is 0.869. The number of rotatable bonds is 2. The zero-order chi connectivity index (χ0) is 10.8. The van der Waals surface area contributed by atoms with E-state index in [2.05, 4.69) is 5.32 Å². The van der Waals surface area contributed by atoms with E-state index < -0.39 is 0 Å². The van der Waals surface area contributed by atoms with Gasteiger partial charge in [0.2, 0.25) is 0 Å². The molecule has 0 saturated heterocycles. The molecule has 1 aliphatic rings. The number of nitrogens with one attached hydrogen (secondary N) is 1. The minimum atomic E-state index is -0.121. The van der Waals surface area contributed by atoms with Crippen LogP contribution >= 0.6 is 0 Å². The van der Waals surface area contributed by atoms with Crippen LogP contribution < -0.4 is 15.8 Å². The maximum Gasteiger partial charge on any atom is 0.262 e. The molecule has 1 aliphatic heterocycles. The molecule has 0 bridgehead atoms. The molecule has 0 fully saturated rings. The third kappa shape index (κ3) is 1.94. The zero-order valence-corrected chi connectivity index (χ0v) is 8.62. The molecular formula is C11H14N2O2. The van der Waals surface area contributed by atoms with Gasteiger partial charge in [0.1, 0.15) is 5.75 Å². The van der Waals surface area contributed by atoms with E-state index in [1.54, 1.807) is 0 Å². The van der Waals surface area contributed by atoms with Crippen molar-refractivity contribution in [1.29, 1.82) is 0 Å². The van der Waals surface area contributed by atoms with Gasteiger partial charge in [-0.2, -0.15) is 0 Å². The van der Waals surface area contributed by atoms with Gasteiger partial charge in [-0.1, -0.05) is 13.0 Å². The van der Waals surface area contributed by atoms with Crippen LogP contribution in [0.2, 0.25) is 0 Å². The molecule has 0 unspecified atom stereocenters. The Hall–Kier alpha value is -1.55. The van der Waals surface area contributed by atoms with Crippen LogP contribution in [0.25, 0.3) is 0 Å². The molecule has 15 heavy (non-hydrogen) atoms. The Morgan fingerprint density at radius 1 is 1.60 bits per heavy atom. The van der Waals surface area contributed by atoms with E-state index in [9.17, 15) is 4.79 Å². The lowest BCUT2D eigenvalue weighted by Gasteiger charge is -2.19. The highest BCUT2D eigenvalue weighted by Gasteiger charge is 2.16. The quantitative estimate of drug-likeness (QED) is 0.769. The third-order valence-electron chi connectivity index (χ3n) is 2.50. The predicted molar refractivity (Wildman–Crippen MR) is 57.8 cm³/mol. The fourth-order valence-electron chi connectivity index (χ4n) is 1.57. The smallest absolute Gasteiger partial charge is 0.262 e. The molecule has 1 heterocycles. The lowest BCUT2D eigenvalue weighted by Crippen LogP contribution is -2.25. The van der Waals surface area contributed by atoms with E-state index in [0.29, 0.717) is 11.4 Å². The number of anilines is 1. The number of ether oxygens (including phenoxy) is 1. The second-order valence-corrected chi connectivity index (χ2v) is 3.61. The highest BCUT2D eigenvalue weighted by atomic mass is 16.5. The first-order valence-electron chi connectivity index (χ1n) is 5.03. The molecule has 2 rings (SSSR count). The van der Waals surface area contributed by atoms with E-state index in [0.717, 1.165) is 12.0 Å². The number of carbonyl (C=O) groups is 1. The maximum atomic E-state index is 11.1. The van der Waals surface area contributed by atoms with Crippen molar-refractivity contribution in [3.05, 3.63) is 23.8 Å². The molecule has 0 radical (unpaired) electrons. The summed E-state index contributed by atoms with van der Waals surface area (Å²) >= 11 is 0.